The van der Waals surface area contributed by atoms with E-state index in [1.807, 2.05) is 6.07 Å². The van der Waals surface area contributed by atoms with Crippen LogP contribution >= 0.6 is 15.9 Å². The van der Waals surface area contributed by atoms with E-state index in [2.05, 4.69) is 60.3 Å². The van der Waals surface area contributed by atoms with Gasteiger partial charge >= 0.3 is 0 Å². The van der Waals surface area contributed by atoms with Crippen molar-refractivity contribution >= 4 is 55.7 Å². The number of piperidine rings is 1. The predicted octanol–water partition coefficient (Wildman–Crippen LogP) is 4.88. The number of carbonyl (C=O) groups excluding carboxylic acids is 2. The Morgan fingerprint density at radius 2 is 1.93 bits per heavy atom. The molecule has 1 aliphatic rings. The summed E-state index contributed by atoms with van der Waals surface area (Å²) in [5.41, 5.74) is 1.44. The summed E-state index contributed by atoms with van der Waals surface area (Å²) in [7, 11) is 0. The normalized spacial score (nSPS) is 14.2. The summed E-state index contributed by atoms with van der Waals surface area (Å²) in [5, 5.41) is 13.1. The maximum Gasteiger partial charge on any atom is 0.243 e. The number of carbonyl (C=O) groups is 2. The van der Waals surface area contributed by atoms with Gasteiger partial charge in [-0.25, -0.2) is 14.4 Å². The fourth-order valence-electron chi connectivity index (χ4n) is 4.52. The molecule has 40 heavy (non-hydrogen) atoms. The van der Waals surface area contributed by atoms with Crippen LogP contribution < -0.4 is 26.0 Å². The van der Waals surface area contributed by atoms with E-state index < -0.39 is 11.9 Å². The molecule has 1 fully saturated rings. The molecule has 3 aromatic rings. The second-order valence-corrected chi connectivity index (χ2v) is 10.3. The molecule has 1 aromatic heterocycles. The Balaban J connectivity index is 1.67. The lowest BCUT2D eigenvalue weighted by Gasteiger charge is -2.30. The Morgan fingerprint density at radius 3 is 2.65 bits per heavy atom. The zero-order valence-corrected chi connectivity index (χ0v) is 23.6. The van der Waals surface area contributed by atoms with E-state index in [0.29, 0.717) is 52.1 Å². The van der Waals surface area contributed by atoms with E-state index in [1.54, 1.807) is 18.2 Å². The first-order valence-electron chi connectivity index (χ1n) is 13.1. The van der Waals surface area contributed by atoms with E-state index in [4.69, 9.17) is 4.74 Å². The third-order valence-electron chi connectivity index (χ3n) is 6.62. The minimum Gasteiger partial charge on any atom is -0.480 e. The van der Waals surface area contributed by atoms with Crippen molar-refractivity contribution in [3.63, 3.8) is 0 Å². The quantitative estimate of drug-likeness (QED) is 0.160. The molecule has 9 nitrogen and oxygen atoms in total. The van der Waals surface area contributed by atoms with Gasteiger partial charge in [0, 0.05) is 34.9 Å². The van der Waals surface area contributed by atoms with Crippen LogP contribution in [0.5, 0.6) is 5.75 Å². The number of ether oxygens (including phenoxy) is 1. The van der Waals surface area contributed by atoms with Gasteiger partial charge < -0.3 is 26.0 Å². The van der Waals surface area contributed by atoms with E-state index in [1.165, 1.54) is 24.5 Å². The van der Waals surface area contributed by atoms with Crippen molar-refractivity contribution < 1.29 is 18.7 Å². The van der Waals surface area contributed by atoms with Gasteiger partial charge in [0.25, 0.3) is 0 Å². The van der Waals surface area contributed by atoms with Crippen LogP contribution in [0.3, 0.4) is 0 Å². The number of nitrogens with zero attached hydrogens (tertiary/aromatic N) is 2. The van der Waals surface area contributed by atoms with Crippen molar-refractivity contribution in [2.45, 2.75) is 25.4 Å². The summed E-state index contributed by atoms with van der Waals surface area (Å²) < 4.78 is 21.6. The number of hydrogen-bond acceptors (Lipinski definition) is 8. The molecule has 4 rings (SSSR count). The largest absolute Gasteiger partial charge is 0.480 e. The Morgan fingerprint density at radius 1 is 1.12 bits per heavy atom. The van der Waals surface area contributed by atoms with Crippen molar-refractivity contribution in [3.05, 3.63) is 72.3 Å². The number of ketones is 1. The minimum absolute atomic E-state index is 0.0346. The fourth-order valence-corrected chi connectivity index (χ4v) is 4.85. The molecule has 2 heterocycles. The number of amides is 1. The predicted molar refractivity (Wildman–Crippen MR) is 158 cm³/mol. The summed E-state index contributed by atoms with van der Waals surface area (Å²) in [6.45, 7) is 9.71. The van der Waals surface area contributed by atoms with E-state index in [-0.39, 0.29) is 23.3 Å². The van der Waals surface area contributed by atoms with Crippen LogP contribution in [0, 0.1) is 11.7 Å². The summed E-state index contributed by atoms with van der Waals surface area (Å²) in [6.07, 6.45) is 5.46. The minimum atomic E-state index is -0.694. The van der Waals surface area contributed by atoms with Gasteiger partial charge in [0.15, 0.2) is 11.9 Å². The number of aromatic nitrogens is 2. The molecule has 0 saturated carbocycles. The molecule has 1 unspecified atom stereocenters. The van der Waals surface area contributed by atoms with Crippen LogP contribution in [-0.4, -0.2) is 53.9 Å². The SMILES string of the molecule is C=CC(=O)NCCCNc1cc2c(Nc3ccc(Br)cc3F)ncnc2cc1OC(C(=O)C=C)C1CCNCC1. The van der Waals surface area contributed by atoms with Crippen LogP contribution in [0.25, 0.3) is 10.9 Å². The average Bonchev–Trinajstić information content (AvgIpc) is 2.97. The van der Waals surface area contributed by atoms with Gasteiger partial charge in [0.2, 0.25) is 5.91 Å². The molecular weight excluding hydrogens is 579 g/mol. The van der Waals surface area contributed by atoms with Crippen molar-refractivity contribution in [2.24, 2.45) is 5.92 Å². The molecule has 1 amide bonds. The maximum absolute atomic E-state index is 14.6. The summed E-state index contributed by atoms with van der Waals surface area (Å²) >= 11 is 3.27. The lowest BCUT2D eigenvalue weighted by atomic mass is 9.89. The number of hydrogen-bond donors (Lipinski definition) is 4. The van der Waals surface area contributed by atoms with Crippen molar-refractivity contribution in [1.82, 2.24) is 20.6 Å². The highest BCUT2D eigenvalue weighted by atomic mass is 79.9. The molecule has 1 atom stereocenters. The van der Waals surface area contributed by atoms with E-state index in [0.717, 1.165) is 25.9 Å². The van der Waals surface area contributed by atoms with Crippen molar-refractivity contribution in [1.29, 1.82) is 0 Å². The molecule has 0 bridgehead atoms. The van der Waals surface area contributed by atoms with Gasteiger partial charge in [-0.2, -0.15) is 0 Å². The van der Waals surface area contributed by atoms with E-state index in [9.17, 15) is 14.0 Å². The molecular formula is C29H32BrFN6O3. The van der Waals surface area contributed by atoms with Crippen LogP contribution in [0.4, 0.5) is 21.6 Å². The number of anilines is 3. The van der Waals surface area contributed by atoms with Gasteiger partial charge in [-0.1, -0.05) is 29.1 Å². The summed E-state index contributed by atoms with van der Waals surface area (Å²) in [6, 6.07) is 8.30. The van der Waals surface area contributed by atoms with Gasteiger partial charge in [-0.15, -0.1) is 0 Å². The second kappa shape index (κ2) is 14.0. The lowest BCUT2D eigenvalue weighted by Crippen LogP contribution is -2.41. The average molecular weight is 612 g/mol. The van der Waals surface area contributed by atoms with Gasteiger partial charge in [-0.3, -0.25) is 9.59 Å². The molecule has 1 aliphatic heterocycles. The number of fused-ring (bicyclic) bond motifs is 1. The molecule has 1 saturated heterocycles. The highest BCUT2D eigenvalue weighted by Crippen LogP contribution is 2.36. The zero-order valence-electron chi connectivity index (χ0n) is 22.0. The Bertz CT molecular complexity index is 1400. The Kier molecular flexibility index (Phi) is 10.2. The molecule has 4 N–H and O–H groups in total. The highest BCUT2D eigenvalue weighted by Gasteiger charge is 2.30. The van der Waals surface area contributed by atoms with Gasteiger partial charge in [0.1, 0.15) is 23.7 Å². The van der Waals surface area contributed by atoms with Crippen LogP contribution in [0.1, 0.15) is 19.3 Å². The second-order valence-electron chi connectivity index (χ2n) is 9.34. The molecule has 2 aromatic carbocycles. The molecule has 0 radical (unpaired) electrons. The number of nitrogens with one attached hydrogen (secondary N) is 4. The molecule has 210 valence electrons. The first kappa shape index (κ1) is 29.2. The van der Waals surface area contributed by atoms with E-state index >= 15 is 0 Å². The number of rotatable bonds is 13. The molecule has 11 heteroatoms. The first-order valence-corrected chi connectivity index (χ1v) is 13.9. The maximum atomic E-state index is 14.6. The van der Waals surface area contributed by atoms with Gasteiger partial charge in [0.05, 0.1) is 16.9 Å². The van der Waals surface area contributed by atoms with Crippen molar-refractivity contribution in [3.8, 4) is 5.75 Å². The fraction of sp³-hybridized carbons (Fsp3) is 0.310. The third kappa shape index (κ3) is 7.42. The Hall–Kier alpha value is -3.83. The molecule has 0 aliphatic carbocycles. The number of benzene rings is 2. The first-order chi connectivity index (χ1) is 19.4. The van der Waals surface area contributed by atoms with Gasteiger partial charge in [-0.05, 0) is 68.8 Å². The van der Waals surface area contributed by atoms with Crippen LogP contribution in [0.2, 0.25) is 0 Å². The third-order valence-corrected chi connectivity index (χ3v) is 7.12. The summed E-state index contributed by atoms with van der Waals surface area (Å²) in [4.78, 5) is 33.1. The summed E-state index contributed by atoms with van der Waals surface area (Å²) in [5.74, 6) is 0.0505. The topological polar surface area (TPSA) is 117 Å². The Labute approximate surface area is 240 Å². The molecule has 0 spiro atoms. The van der Waals surface area contributed by atoms with Crippen LogP contribution in [-0.2, 0) is 9.59 Å². The van der Waals surface area contributed by atoms with Crippen LogP contribution in [0.15, 0.2) is 66.4 Å². The van der Waals surface area contributed by atoms with Crippen molar-refractivity contribution in [2.75, 3.05) is 36.8 Å². The highest BCUT2D eigenvalue weighted by molar-refractivity contribution is 9.10. The lowest BCUT2D eigenvalue weighted by molar-refractivity contribution is -0.123. The zero-order chi connectivity index (χ0) is 28.5. The number of halogens is 2. The standard InChI is InChI=1S/C29H32BrFN6O3/c1-3-25(38)28(18-8-12-32-13-9-18)40-26-16-23-20(15-24(26)33-10-5-11-34-27(39)4-2)29(36-17-35-23)37-22-7-6-19(30)14-21(22)31/h3-4,6-7,14-18,28,32-33H,1-2,5,8-13H2,(H,34,39)(H,35,36,37). The monoisotopic (exact) mass is 610 g/mol. The smallest absolute Gasteiger partial charge is 0.243 e.